The van der Waals surface area contributed by atoms with Gasteiger partial charge < -0.3 is 16.0 Å². The van der Waals surface area contributed by atoms with Gasteiger partial charge in [0.25, 0.3) is 5.91 Å². The number of hydrogen-bond donors (Lipinski definition) is 3. The van der Waals surface area contributed by atoms with Gasteiger partial charge in [0.2, 0.25) is 11.8 Å². The van der Waals surface area contributed by atoms with Crippen molar-refractivity contribution < 1.29 is 27.6 Å². The number of thiophene rings is 1. The fourth-order valence-corrected chi connectivity index (χ4v) is 1.80. The van der Waals surface area contributed by atoms with E-state index in [1.807, 2.05) is 0 Å². The van der Waals surface area contributed by atoms with Crippen LogP contribution in [0.5, 0.6) is 0 Å². The number of hydrogen-bond acceptors (Lipinski definition) is 4. The summed E-state index contributed by atoms with van der Waals surface area (Å²) in [5.74, 6) is -2.09. The quantitative estimate of drug-likeness (QED) is 0.702. The number of nitrogens with one attached hydrogen (secondary N) is 3. The average Bonchev–Trinajstić information content (AvgIpc) is 2.93. The Bertz CT molecular complexity index is 503. The van der Waals surface area contributed by atoms with Crippen molar-refractivity contribution >= 4 is 29.1 Å². The van der Waals surface area contributed by atoms with E-state index < -0.39 is 37.0 Å². The van der Waals surface area contributed by atoms with Crippen LogP contribution in [0.25, 0.3) is 0 Å². The molecule has 116 valence electrons. The largest absolute Gasteiger partial charge is 0.405 e. The molecule has 1 aromatic rings. The van der Waals surface area contributed by atoms with Crippen molar-refractivity contribution in [3.05, 3.63) is 22.4 Å². The molecule has 10 heteroatoms. The second-order valence-electron chi connectivity index (χ2n) is 3.83. The van der Waals surface area contributed by atoms with Crippen molar-refractivity contribution in [2.75, 3.05) is 19.6 Å². The van der Waals surface area contributed by atoms with E-state index in [0.717, 1.165) is 0 Å². The fraction of sp³-hybridized carbons (Fsp3) is 0.364. The smallest absolute Gasteiger partial charge is 0.346 e. The summed E-state index contributed by atoms with van der Waals surface area (Å²) in [6, 6.07) is 3.24. The van der Waals surface area contributed by atoms with Gasteiger partial charge in [0.1, 0.15) is 6.54 Å². The molecular weight excluding hydrogens is 311 g/mol. The maximum absolute atomic E-state index is 11.8. The second kappa shape index (κ2) is 7.62. The predicted molar refractivity (Wildman–Crippen MR) is 68.7 cm³/mol. The van der Waals surface area contributed by atoms with Crippen molar-refractivity contribution in [3.8, 4) is 0 Å². The molecule has 0 atom stereocenters. The summed E-state index contributed by atoms with van der Waals surface area (Å²) in [6.07, 6.45) is -4.51. The summed E-state index contributed by atoms with van der Waals surface area (Å²) >= 11 is 1.20. The van der Waals surface area contributed by atoms with Crippen molar-refractivity contribution in [3.63, 3.8) is 0 Å². The highest BCUT2D eigenvalue weighted by atomic mass is 32.1. The zero-order valence-corrected chi connectivity index (χ0v) is 11.4. The Hall–Kier alpha value is -2.10. The standard InChI is InChI=1S/C11H12F3N3O3S/c12-11(13,14)6-17-9(19)4-15-8(18)5-16-10(20)7-2-1-3-21-7/h1-3H,4-6H2,(H,15,18)(H,16,20)(H,17,19). The minimum atomic E-state index is -4.51. The summed E-state index contributed by atoms with van der Waals surface area (Å²) < 4.78 is 35.4. The first-order valence-electron chi connectivity index (χ1n) is 5.70. The Morgan fingerprint density at radius 2 is 1.67 bits per heavy atom. The number of halogens is 3. The van der Waals surface area contributed by atoms with E-state index in [9.17, 15) is 27.6 Å². The second-order valence-corrected chi connectivity index (χ2v) is 4.78. The van der Waals surface area contributed by atoms with Gasteiger partial charge in [0.15, 0.2) is 0 Å². The monoisotopic (exact) mass is 323 g/mol. The third-order valence-electron chi connectivity index (χ3n) is 2.09. The molecule has 3 N–H and O–H groups in total. The van der Waals surface area contributed by atoms with Gasteiger partial charge in [-0.2, -0.15) is 13.2 Å². The highest BCUT2D eigenvalue weighted by molar-refractivity contribution is 7.12. The van der Waals surface area contributed by atoms with Gasteiger partial charge >= 0.3 is 6.18 Å². The van der Waals surface area contributed by atoms with Crippen molar-refractivity contribution in [2.24, 2.45) is 0 Å². The Labute approximate surface area is 121 Å². The molecule has 0 aliphatic carbocycles. The first-order valence-corrected chi connectivity index (χ1v) is 6.58. The van der Waals surface area contributed by atoms with Crippen LogP contribution in [0.15, 0.2) is 17.5 Å². The number of carbonyl (C=O) groups is 3. The van der Waals surface area contributed by atoms with Gasteiger partial charge in [-0.05, 0) is 11.4 Å². The highest BCUT2D eigenvalue weighted by Gasteiger charge is 2.27. The summed E-state index contributed by atoms with van der Waals surface area (Å²) in [5, 5.41) is 7.70. The molecule has 21 heavy (non-hydrogen) atoms. The van der Waals surface area contributed by atoms with Crippen molar-refractivity contribution in [1.82, 2.24) is 16.0 Å². The molecule has 1 aromatic heterocycles. The molecule has 0 saturated carbocycles. The molecular formula is C11H12F3N3O3S. The molecule has 0 saturated heterocycles. The van der Waals surface area contributed by atoms with E-state index in [4.69, 9.17) is 0 Å². The van der Waals surface area contributed by atoms with Gasteiger partial charge in [-0.1, -0.05) is 6.07 Å². The molecule has 1 heterocycles. The lowest BCUT2D eigenvalue weighted by atomic mass is 10.4. The predicted octanol–water partition coefficient (Wildman–Crippen LogP) is 0.273. The zero-order valence-electron chi connectivity index (χ0n) is 10.6. The number of carbonyl (C=O) groups excluding carboxylic acids is 3. The lowest BCUT2D eigenvalue weighted by molar-refractivity contribution is -0.138. The van der Waals surface area contributed by atoms with Crippen molar-refractivity contribution in [2.45, 2.75) is 6.18 Å². The number of amides is 3. The molecule has 3 amide bonds. The Balaban J connectivity index is 2.19. The number of alkyl halides is 3. The van der Waals surface area contributed by atoms with E-state index in [2.05, 4.69) is 10.6 Å². The molecule has 0 aliphatic heterocycles. The lowest BCUT2D eigenvalue weighted by Gasteiger charge is -2.09. The molecule has 1 rings (SSSR count). The molecule has 0 fully saturated rings. The van der Waals surface area contributed by atoms with E-state index >= 15 is 0 Å². The topological polar surface area (TPSA) is 87.3 Å². The van der Waals surface area contributed by atoms with Crippen molar-refractivity contribution in [1.29, 1.82) is 0 Å². The van der Waals surface area contributed by atoms with Gasteiger partial charge in [-0.3, -0.25) is 14.4 Å². The average molecular weight is 323 g/mol. The van der Waals surface area contributed by atoms with Crippen LogP contribution in [-0.2, 0) is 9.59 Å². The van der Waals surface area contributed by atoms with E-state index in [1.165, 1.54) is 11.3 Å². The van der Waals surface area contributed by atoms with E-state index in [-0.39, 0.29) is 6.54 Å². The normalized spacial score (nSPS) is 10.8. The lowest BCUT2D eigenvalue weighted by Crippen LogP contribution is -2.43. The van der Waals surface area contributed by atoms with Gasteiger partial charge in [-0.25, -0.2) is 0 Å². The SMILES string of the molecule is O=C(CNC(=O)CNC(=O)c1cccs1)NCC(F)(F)F. The molecule has 0 aromatic carbocycles. The summed E-state index contributed by atoms with van der Waals surface area (Å²) in [6.45, 7) is -2.43. The maximum atomic E-state index is 11.8. The Morgan fingerprint density at radius 1 is 1.05 bits per heavy atom. The third-order valence-corrected chi connectivity index (χ3v) is 2.96. The Morgan fingerprint density at radius 3 is 2.24 bits per heavy atom. The van der Waals surface area contributed by atoms with Gasteiger partial charge in [0.05, 0.1) is 18.0 Å². The molecule has 0 spiro atoms. The third kappa shape index (κ3) is 7.30. The molecule has 0 bridgehead atoms. The molecule has 6 nitrogen and oxygen atoms in total. The molecule has 0 aliphatic rings. The van der Waals surface area contributed by atoms with Gasteiger partial charge in [0, 0.05) is 0 Å². The Kier molecular flexibility index (Phi) is 6.15. The first kappa shape index (κ1) is 17.0. The van der Waals surface area contributed by atoms with Crippen LogP contribution < -0.4 is 16.0 Å². The summed E-state index contributed by atoms with van der Waals surface area (Å²) in [4.78, 5) is 34.2. The summed E-state index contributed by atoms with van der Waals surface area (Å²) in [5.41, 5.74) is 0. The fourth-order valence-electron chi connectivity index (χ4n) is 1.16. The minimum absolute atomic E-state index is 0.372. The highest BCUT2D eigenvalue weighted by Crippen LogP contribution is 2.11. The first-order chi connectivity index (χ1) is 9.78. The summed E-state index contributed by atoms with van der Waals surface area (Å²) in [7, 11) is 0. The van der Waals surface area contributed by atoms with Crippen LogP contribution in [0.4, 0.5) is 13.2 Å². The van der Waals surface area contributed by atoms with Crippen LogP contribution >= 0.6 is 11.3 Å². The van der Waals surface area contributed by atoms with Crippen LogP contribution in [0.3, 0.4) is 0 Å². The van der Waals surface area contributed by atoms with E-state index in [0.29, 0.717) is 4.88 Å². The van der Waals surface area contributed by atoms with Crippen LogP contribution in [0.2, 0.25) is 0 Å². The minimum Gasteiger partial charge on any atom is -0.346 e. The van der Waals surface area contributed by atoms with Crippen LogP contribution in [0.1, 0.15) is 9.67 Å². The molecule has 0 unspecified atom stereocenters. The zero-order chi connectivity index (χ0) is 15.9. The van der Waals surface area contributed by atoms with Gasteiger partial charge in [-0.15, -0.1) is 11.3 Å². The van der Waals surface area contributed by atoms with E-state index in [1.54, 1.807) is 22.8 Å². The molecule has 0 radical (unpaired) electrons. The maximum Gasteiger partial charge on any atom is 0.405 e. The van der Waals surface area contributed by atoms with Crippen LogP contribution in [-0.4, -0.2) is 43.5 Å². The number of rotatable bonds is 6. The van der Waals surface area contributed by atoms with Crippen LogP contribution in [0, 0.1) is 0 Å².